The van der Waals surface area contributed by atoms with Crippen LogP contribution in [0.15, 0.2) is 72.8 Å². The first kappa shape index (κ1) is 15.2. The van der Waals surface area contributed by atoms with Gasteiger partial charge in [-0.25, -0.2) is 8.78 Å². The summed E-state index contributed by atoms with van der Waals surface area (Å²) < 4.78 is 30.0. The summed E-state index contributed by atoms with van der Waals surface area (Å²) in [6.07, 6.45) is -3.95. The van der Waals surface area contributed by atoms with Gasteiger partial charge in [0, 0.05) is 11.1 Å². The molecular formula is C23H14F2O. The van der Waals surface area contributed by atoms with Gasteiger partial charge < -0.3 is 0 Å². The Morgan fingerprint density at radius 1 is 0.577 bits per heavy atom. The van der Waals surface area contributed by atoms with Crippen molar-refractivity contribution in [1.82, 2.24) is 0 Å². The summed E-state index contributed by atoms with van der Waals surface area (Å²) in [6.45, 7) is 0. The molecule has 0 spiro atoms. The Hall–Kier alpha value is -3.07. The standard InChI is InChI=1S/C23H14F2O/c24-21-17-11-9-13-5-1-3-7-15(13)19(17)20-16-8-4-2-6-14(16)10-12-18(20)22(25)23(21)26/h1-12,21-22H/t21-,22-/m1/s1. The first-order valence-corrected chi connectivity index (χ1v) is 8.52. The molecule has 5 rings (SSSR count). The van der Waals surface area contributed by atoms with Crippen molar-refractivity contribution in [3.63, 3.8) is 0 Å². The second-order valence-corrected chi connectivity index (χ2v) is 6.63. The van der Waals surface area contributed by atoms with Crippen LogP contribution in [-0.4, -0.2) is 5.78 Å². The number of fused-ring (bicyclic) bond motifs is 7. The van der Waals surface area contributed by atoms with E-state index in [1.165, 1.54) is 0 Å². The van der Waals surface area contributed by atoms with Crippen LogP contribution < -0.4 is 0 Å². The van der Waals surface area contributed by atoms with Gasteiger partial charge in [0.15, 0.2) is 12.3 Å². The predicted molar refractivity (Wildman–Crippen MR) is 99.6 cm³/mol. The molecule has 0 fully saturated rings. The Bertz CT molecular complexity index is 1100. The van der Waals surface area contributed by atoms with Crippen molar-refractivity contribution in [1.29, 1.82) is 0 Å². The number of hydrogen-bond donors (Lipinski definition) is 0. The van der Waals surface area contributed by atoms with Gasteiger partial charge in [0.05, 0.1) is 0 Å². The number of ketones is 1. The molecule has 26 heavy (non-hydrogen) atoms. The van der Waals surface area contributed by atoms with Crippen LogP contribution in [0.5, 0.6) is 0 Å². The Morgan fingerprint density at radius 3 is 1.46 bits per heavy atom. The third kappa shape index (κ3) is 1.97. The molecule has 0 N–H and O–H groups in total. The highest BCUT2D eigenvalue weighted by atomic mass is 19.1. The van der Waals surface area contributed by atoms with E-state index in [0.29, 0.717) is 11.1 Å². The van der Waals surface area contributed by atoms with Gasteiger partial charge in [-0.15, -0.1) is 0 Å². The molecule has 126 valence electrons. The van der Waals surface area contributed by atoms with Crippen molar-refractivity contribution < 1.29 is 13.6 Å². The monoisotopic (exact) mass is 344 g/mol. The lowest BCUT2D eigenvalue weighted by atomic mass is 9.87. The highest BCUT2D eigenvalue weighted by molar-refractivity contribution is 6.11. The van der Waals surface area contributed by atoms with Crippen molar-refractivity contribution in [2.24, 2.45) is 0 Å². The van der Waals surface area contributed by atoms with E-state index in [1.54, 1.807) is 24.3 Å². The fourth-order valence-electron chi connectivity index (χ4n) is 3.99. The second-order valence-electron chi connectivity index (χ2n) is 6.63. The van der Waals surface area contributed by atoms with Crippen molar-refractivity contribution in [2.45, 2.75) is 12.3 Å². The molecule has 0 heterocycles. The van der Waals surface area contributed by atoms with Crippen molar-refractivity contribution in [2.75, 3.05) is 0 Å². The molecule has 0 radical (unpaired) electrons. The maximum Gasteiger partial charge on any atom is 0.210 e. The van der Waals surface area contributed by atoms with Crippen LogP contribution >= 0.6 is 0 Å². The maximum atomic E-state index is 15.0. The van der Waals surface area contributed by atoms with E-state index >= 15 is 0 Å². The summed E-state index contributed by atoms with van der Waals surface area (Å²) >= 11 is 0. The van der Waals surface area contributed by atoms with Crippen LogP contribution in [0.4, 0.5) is 8.78 Å². The van der Waals surface area contributed by atoms with E-state index in [0.717, 1.165) is 21.5 Å². The summed E-state index contributed by atoms with van der Waals surface area (Å²) in [5.74, 6) is -1.03. The number of carbonyl (C=O) groups excluding carboxylic acids is 1. The SMILES string of the molecule is O=C1[C@H](F)c2ccc3ccccc3c2-c2c(ccc3ccccc23)[C@H]1F. The summed E-state index contributed by atoms with van der Waals surface area (Å²) in [7, 11) is 0. The summed E-state index contributed by atoms with van der Waals surface area (Å²) in [5, 5.41) is 3.52. The molecule has 0 aliphatic heterocycles. The first-order chi connectivity index (χ1) is 12.7. The molecule has 1 aliphatic carbocycles. The van der Waals surface area contributed by atoms with Gasteiger partial charge in [-0.3, -0.25) is 4.79 Å². The van der Waals surface area contributed by atoms with Crippen molar-refractivity contribution in [3.05, 3.63) is 83.9 Å². The van der Waals surface area contributed by atoms with Gasteiger partial charge in [-0.05, 0) is 32.7 Å². The smallest absolute Gasteiger partial charge is 0.210 e. The van der Waals surface area contributed by atoms with Crippen LogP contribution in [0.3, 0.4) is 0 Å². The zero-order valence-electron chi connectivity index (χ0n) is 13.7. The molecule has 1 nitrogen and oxygen atoms in total. The Kier molecular flexibility index (Phi) is 3.20. The van der Waals surface area contributed by atoms with Crippen LogP contribution in [-0.2, 0) is 4.79 Å². The third-order valence-corrected chi connectivity index (χ3v) is 5.22. The lowest BCUT2D eigenvalue weighted by molar-refractivity contribution is -0.129. The van der Waals surface area contributed by atoms with Gasteiger partial charge in [0.2, 0.25) is 5.78 Å². The van der Waals surface area contributed by atoms with Crippen molar-refractivity contribution >= 4 is 27.3 Å². The molecule has 2 atom stereocenters. The molecule has 4 aromatic carbocycles. The first-order valence-electron chi connectivity index (χ1n) is 8.52. The number of carbonyl (C=O) groups is 1. The van der Waals surface area contributed by atoms with E-state index in [9.17, 15) is 13.6 Å². The zero-order valence-corrected chi connectivity index (χ0v) is 13.7. The quantitative estimate of drug-likeness (QED) is 0.368. The number of rotatable bonds is 0. The van der Waals surface area contributed by atoms with Crippen molar-refractivity contribution in [3.8, 4) is 11.1 Å². The Balaban J connectivity index is 2.05. The summed E-state index contributed by atoms with van der Waals surface area (Å²) in [4.78, 5) is 12.4. The summed E-state index contributed by atoms with van der Waals surface area (Å²) in [6, 6.07) is 22.0. The van der Waals surface area contributed by atoms with E-state index in [2.05, 4.69) is 0 Å². The molecule has 1 aliphatic rings. The van der Waals surface area contributed by atoms with E-state index in [1.807, 2.05) is 48.5 Å². The molecule has 0 aromatic heterocycles. The summed E-state index contributed by atoms with van der Waals surface area (Å²) in [5.41, 5.74) is 1.73. The Morgan fingerprint density at radius 2 is 1.00 bits per heavy atom. The Labute approximate surface area is 148 Å². The number of alkyl halides is 2. The van der Waals surface area contributed by atoms with Crippen LogP contribution in [0.2, 0.25) is 0 Å². The highest BCUT2D eigenvalue weighted by Crippen LogP contribution is 2.48. The second kappa shape index (κ2) is 5.46. The lowest BCUT2D eigenvalue weighted by Gasteiger charge is -2.16. The lowest BCUT2D eigenvalue weighted by Crippen LogP contribution is -2.12. The van der Waals surface area contributed by atoms with E-state index in [4.69, 9.17) is 0 Å². The van der Waals surface area contributed by atoms with Gasteiger partial charge >= 0.3 is 0 Å². The minimum Gasteiger partial charge on any atom is -0.292 e. The molecule has 0 amide bonds. The third-order valence-electron chi connectivity index (χ3n) is 5.22. The van der Waals surface area contributed by atoms with Gasteiger partial charge in [-0.2, -0.15) is 0 Å². The topological polar surface area (TPSA) is 17.1 Å². The van der Waals surface area contributed by atoms with Gasteiger partial charge in [-0.1, -0.05) is 72.8 Å². The molecular weight excluding hydrogens is 330 g/mol. The molecule has 0 bridgehead atoms. The average Bonchev–Trinajstić information content (AvgIpc) is 2.77. The minimum atomic E-state index is -1.98. The molecule has 0 unspecified atom stereocenters. The van der Waals surface area contributed by atoms with Gasteiger partial charge in [0.1, 0.15) is 0 Å². The maximum absolute atomic E-state index is 15.0. The molecule has 0 saturated carbocycles. The van der Waals surface area contributed by atoms with E-state index < -0.39 is 18.1 Å². The zero-order chi connectivity index (χ0) is 17.8. The fourth-order valence-corrected chi connectivity index (χ4v) is 3.99. The van der Waals surface area contributed by atoms with Crippen LogP contribution in [0.1, 0.15) is 23.5 Å². The number of halogens is 2. The van der Waals surface area contributed by atoms with E-state index in [-0.39, 0.29) is 11.1 Å². The molecule has 4 aromatic rings. The van der Waals surface area contributed by atoms with Crippen LogP contribution in [0, 0.1) is 0 Å². The predicted octanol–water partition coefficient (Wildman–Crippen LogP) is 6.26. The molecule has 3 heteroatoms. The molecule has 0 saturated heterocycles. The average molecular weight is 344 g/mol. The minimum absolute atomic E-state index is 0.242. The number of Topliss-reactive ketones (excluding diaryl/α,β-unsaturated/α-hetero) is 1. The largest absolute Gasteiger partial charge is 0.292 e. The fraction of sp³-hybridized carbons (Fsp3) is 0.0870. The van der Waals surface area contributed by atoms with Crippen LogP contribution in [0.25, 0.3) is 32.7 Å². The highest BCUT2D eigenvalue weighted by Gasteiger charge is 2.37. The normalized spacial score (nSPS) is 19.2. The number of hydrogen-bond acceptors (Lipinski definition) is 1. The number of benzene rings is 4. The van der Waals surface area contributed by atoms with Gasteiger partial charge in [0.25, 0.3) is 0 Å².